The molecule has 0 radical (unpaired) electrons. The molecule has 2 unspecified atom stereocenters. The van der Waals surface area contributed by atoms with Crippen LogP contribution in [0.2, 0.25) is 0 Å². The van der Waals surface area contributed by atoms with E-state index in [-0.39, 0.29) is 0 Å². The maximum Gasteiger partial charge on any atom is 0.123 e. The van der Waals surface area contributed by atoms with Crippen LogP contribution in [0, 0.1) is 11.8 Å². The average molecular weight is 191 g/mol. The summed E-state index contributed by atoms with van der Waals surface area (Å²) < 4.78 is 0. The smallest absolute Gasteiger partial charge is 0.123 e. The highest BCUT2D eigenvalue weighted by Crippen LogP contribution is 2.27. The Morgan fingerprint density at radius 3 is 2.43 bits per heavy atom. The number of anilines is 2. The van der Waals surface area contributed by atoms with Crippen molar-refractivity contribution in [2.24, 2.45) is 11.8 Å². The monoisotopic (exact) mass is 191 g/mol. The van der Waals surface area contributed by atoms with Crippen molar-refractivity contribution in [2.45, 2.75) is 13.8 Å². The number of aromatic nitrogens is 1. The van der Waals surface area contributed by atoms with Crippen molar-refractivity contribution < 1.29 is 0 Å². The van der Waals surface area contributed by atoms with Crippen molar-refractivity contribution in [3.8, 4) is 0 Å². The Labute approximate surface area is 84.9 Å². The number of hydrogen-bond acceptors (Lipinski definition) is 3. The van der Waals surface area contributed by atoms with Crippen LogP contribution in [0.15, 0.2) is 18.3 Å². The third-order valence-electron chi connectivity index (χ3n) is 3.12. The average Bonchev–Trinajstić information content (AvgIpc) is 2.48. The number of pyridine rings is 1. The minimum Gasteiger partial charge on any atom is -0.384 e. The molecule has 1 aromatic rings. The van der Waals surface area contributed by atoms with Crippen LogP contribution >= 0.6 is 0 Å². The summed E-state index contributed by atoms with van der Waals surface area (Å²) in [6.07, 6.45) is 1.86. The van der Waals surface area contributed by atoms with E-state index in [4.69, 9.17) is 5.73 Å². The summed E-state index contributed by atoms with van der Waals surface area (Å²) in [6.45, 7) is 6.87. The fraction of sp³-hybridized carbons (Fsp3) is 0.545. The Morgan fingerprint density at radius 1 is 1.29 bits per heavy atom. The van der Waals surface area contributed by atoms with E-state index in [0.29, 0.717) is 5.82 Å². The lowest BCUT2D eigenvalue weighted by atomic mass is 10.0. The number of nitrogen functional groups attached to an aromatic ring is 1. The van der Waals surface area contributed by atoms with Gasteiger partial charge in [0.25, 0.3) is 0 Å². The van der Waals surface area contributed by atoms with Crippen LogP contribution in [-0.4, -0.2) is 18.1 Å². The maximum atomic E-state index is 5.55. The number of rotatable bonds is 1. The van der Waals surface area contributed by atoms with E-state index in [1.54, 1.807) is 0 Å². The molecule has 0 aromatic carbocycles. The molecule has 0 bridgehead atoms. The van der Waals surface area contributed by atoms with Crippen molar-refractivity contribution in [1.82, 2.24) is 4.98 Å². The van der Waals surface area contributed by atoms with E-state index >= 15 is 0 Å². The van der Waals surface area contributed by atoms with E-state index in [9.17, 15) is 0 Å². The van der Waals surface area contributed by atoms with Gasteiger partial charge in [-0.1, -0.05) is 13.8 Å². The molecular weight excluding hydrogens is 174 g/mol. The van der Waals surface area contributed by atoms with Gasteiger partial charge in [0.2, 0.25) is 0 Å². The Morgan fingerprint density at radius 2 is 1.93 bits per heavy atom. The first-order valence-corrected chi connectivity index (χ1v) is 5.13. The molecule has 1 aliphatic heterocycles. The summed E-state index contributed by atoms with van der Waals surface area (Å²) in [6, 6.07) is 3.91. The normalized spacial score (nSPS) is 26.9. The quantitative estimate of drug-likeness (QED) is 0.735. The van der Waals surface area contributed by atoms with Gasteiger partial charge >= 0.3 is 0 Å². The van der Waals surface area contributed by atoms with E-state index in [1.165, 1.54) is 5.69 Å². The fourth-order valence-corrected chi connectivity index (χ4v) is 1.93. The largest absolute Gasteiger partial charge is 0.384 e. The SMILES string of the molecule is CC1CN(c2ccc(N)nc2)CC1C. The molecule has 0 saturated carbocycles. The van der Waals surface area contributed by atoms with Gasteiger partial charge in [0.05, 0.1) is 11.9 Å². The molecule has 3 nitrogen and oxygen atoms in total. The van der Waals surface area contributed by atoms with Crippen LogP contribution in [0.25, 0.3) is 0 Å². The van der Waals surface area contributed by atoms with Crippen LogP contribution in [0.1, 0.15) is 13.8 Å². The standard InChI is InChI=1S/C11H17N3/c1-8-6-14(7-9(8)2)10-3-4-11(12)13-5-10/h3-5,8-9H,6-7H2,1-2H3,(H2,12,13). The minimum atomic E-state index is 0.592. The Balaban J connectivity index is 2.13. The molecule has 1 saturated heterocycles. The summed E-state index contributed by atoms with van der Waals surface area (Å²) in [4.78, 5) is 6.49. The molecule has 76 valence electrons. The molecule has 1 aromatic heterocycles. The van der Waals surface area contributed by atoms with Crippen molar-refractivity contribution in [2.75, 3.05) is 23.7 Å². The van der Waals surface area contributed by atoms with Crippen LogP contribution in [0.5, 0.6) is 0 Å². The summed E-state index contributed by atoms with van der Waals surface area (Å²) in [5, 5.41) is 0. The zero-order chi connectivity index (χ0) is 10.1. The topological polar surface area (TPSA) is 42.1 Å². The molecule has 3 heteroatoms. The minimum absolute atomic E-state index is 0.592. The van der Waals surface area contributed by atoms with Crippen LogP contribution < -0.4 is 10.6 Å². The second-order valence-corrected chi connectivity index (χ2v) is 4.30. The van der Waals surface area contributed by atoms with E-state index < -0.39 is 0 Å². The first-order chi connectivity index (χ1) is 6.66. The molecule has 2 atom stereocenters. The van der Waals surface area contributed by atoms with Crippen molar-refractivity contribution in [1.29, 1.82) is 0 Å². The number of hydrogen-bond donors (Lipinski definition) is 1. The van der Waals surface area contributed by atoms with Crippen molar-refractivity contribution in [3.05, 3.63) is 18.3 Å². The maximum absolute atomic E-state index is 5.55. The van der Waals surface area contributed by atoms with Gasteiger partial charge in [-0.05, 0) is 24.0 Å². The van der Waals surface area contributed by atoms with Gasteiger partial charge in [0.1, 0.15) is 5.82 Å². The first kappa shape index (κ1) is 9.31. The second kappa shape index (κ2) is 3.48. The van der Waals surface area contributed by atoms with Crippen LogP contribution in [-0.2, 0) is 0 Å². The molecule has 0 amide bonds. The molecule has 0 aliphatic carbocycles. The predicted octanol–water partition coefficient (Wildman–Crippen LogP) is 1.76. The molecule has 2 N–H and O–H groups in total. The lowest BCUT2D eigenvalue weighted by molar-refractivity contribution is 0.494. The van der Waals surface area contributed by atoms with Gasteiger partial charge in [-0.2, -0.15) is 0 Å². The summed E-state index contributed by atoms with van der Waals surface area (Å²) >= 11 is 0. The van der Waals surface area contributed by atoms with Gasteiger partial charge < -0.3 is 10.6 Å². The van der Waals surface area contributed by atoms with Gasteiger partial charge in [-0.3, -0.25) is 0 Å². The van der Waals surface area contributed by atoms with Gasteiger partial charge in [-0.25, -0.2) is 4.98 Å². The van der Waals surface area contributed by atoms with Crippen molar-refractivity contribution in [3.63, 3.8) is 0 Å². The summed E-state index contributed by atoms with van der Waals surface area (Å²) in [5.74, 6) is 2.13. The zero-order valence-electron chi connectivity index (χ0n) is 8.77. The second-order valence-electron chi connectivity index (χ2n) is 4.30. The van der Waals surface area contributed by atoms with Crippen molar-refractivity contribution >= 4 is 11.5 Å². The molecule has 2 rings (SSSR count). The van der Waals surface area contributed by atoms with E-state index in [0.717, 1.165) is 24.9 Å². The van der Waals surface area contributed by atoms with Gasteiger partial charge in [0, 0.05) is 13.1 Å². The summed E-state index contributed by atoms with van der Waals surface area (Å²) in [7, 11) is 0. The predicted molar refractivity (Wildman–Crippen MR) is 59.2 cm³/mol. The highest BCUT2D eigenvalue weighted by atomic mass is 15.2. The van der Waals surface area contributed by atoms with Gasteiger partial charge in [0.15, 0.2) is 0 Å². The first-order valence-electron chi connectivity index (χ1n) is 5.13. The molecule has 2 heterocycles. The Hall–Kier alpha value is -1.25. The van der Waals surface area contributed by atoms with Crippen LogP contribution in [0.4, 0.5) is 11.5 Å². The molecule has 1 aliphatic rings. The highest BCUT2D eigenvalue weighted by molar-refractivity contribution is 5.48. The zero-order valence-corrected chi connectivity index (χ0v) is 8.77. The number of nitrogens with two attached hydrogens (primary N) is 1. The number of nitrogens with zero attached hydrogens (tertiary/aromatic N) is 2. The fourth-order valence-electron chi connectivity index (χ4n) is 1.93. The Kier molecular flexibility index (Phi) is 2.32. The van der Waals surface area contributed by atoms with Crippen LogP contribution in [0.3, 0.4) is 0 Å². The molecular formula is C11H17N3. The molecule has 1 fully saturated rings. The van der Waals surface area contributed by atoms with E-state index in [2.05, 4.69) is 23.7 Å². The lowest BCUT2D eigenvalue weighted by Crippen LogP contribution is -2.19. The third-order valence-corrected chi connectivity index (χ3v) is 3.12. The summed E-state index contributed by atoms with van der Waals surface area (Å²) in [5.41, 5.74) is 6.74. The van der Waals surface area contributed by atoms with E-state index in [1.807, 2.05) is 18.3 Å². The van der Waals surface area contributed by atoms with Gasteiger partial charge in [-0.15, -0.1) is 0 Å². The molecule has 0 spiro atoms. The highest BCUT2D eigenvalue weighted by Gasteiger charge is 2.25. The third kappa shape index (κ3) is 1.67. The molecule has 14 heavy (non-hydrogen) atoms. The lowest BCUT2D eigenvalue weighted by Gasteiger charge is -2.17. The Bertz CT molecular complexity index is 297.